The first-order chi connectivity index (χ1) is 10.2. The molecule has 0 unspecified atom stereocenters. The van der Waals surface area contributed by atoms with Crippen molar-refractivity contribution >= 4 is 20.0 Å². The molecule has 1 aliphatic rings. The molecule has 0 radical (unpaired) electrons. The van der Waals surface area contributed by atoms with Crippen LogP contribution in [0.15, 0.2) is 30.3 Å². The maximum absolute atomic E-state index is 12.3. The Hall–Kier alpha value is -0.960. The molecule has 1 aromatic carbocycles. The molecule has 1 heterocycles. The van der Waals surface area contributed by atoms with Gasteiger partial charge in [-0.1, -0.05) is 30.3 Å². The molecule has 1 N–H and O–H groups in total. The fourth-order valence-electron chi connectivity index (χ4n) is 2.85. The fourth-order valence-corrected chi connectivity index (χ4v) is 5.02. The molecule has 2 atom stereocenters. The lowest BCUT2D eigenvalue weighted by Crippen LogP contribution is -2.47. The Morgan fingerprint density at radius 2 is 1.82 bits per heavy atom. The Labute approximate surface area is 132 Å². The summed E-state index contributed by atoms with van der Waals surface area (Å²) < 4.78 is 51.6. The second kappa shape index (κ2) is 6.66. The highest BCUT2D eigenvalue weighted by Crippen LogP contribution is 2.25. The number of hydrogen-bond donors (Lipinski definition) is 1. The minimum Gasteiger partial charge on any atom is -0.213 e. The van der Waals surface area contributed by atoms with Crippen LogP contribution in [0.5, 0.6) is 0 Å². The predicted octanol–water partition coefficient (Wildman–Crippen LogP) is 0.571. The van der Waals surface area contributed by atoms with Gasteiger partial charge in [-0.25, -0.2) is 21.6 Å². The summed E-state index contributed by atoms with van der Waals surface area (Å²) in [5.41, 5.74) is 0.992. The van der Waals surface area contributed by atoms with E-state index in [0.717, 1.165) is 11.8 Å². The van der Waals surface area contributed by atoms with Crippen LogP contribution in [-0.2, 0) is 26.5 Å². The smallest absolute Gasteiger partial charge is 0.213 e. The summed E-state index contributed by atoms with van der Waals surface area (Å²) in [5, 5.41) is 0. The van der Waals surface area contributed by atoms with Gasteiger partial charge in [0, 0.05) is 18.6 Å². The molecule has 1 aliphatic heterocycles. The Morgan fingerprint density at radius 3 is 2.36 bits per heavy atom. The van der Waals surface area contributed by atoms with Crippen molar-refractivity contribution in [2.75, 3.05) is 18.6 Å². The largest absolute Gasteiger partial charge is 0.214 e. The minimum absolute atomic E-state index is 0.0177. The standard InChI is InChI=1S/C14H22N2O4S2/c1-3-22(19,20)16-10-9-13(15-21(2,17)18)14(16)11-12-7-5-4-6-8-12/h4-8,13-15H,3,9-11H2,1-2H3/t13-,14+/m1/s1. The lowest BCUT2D eigenvalue weighted by molar-refractivity contribution is 0.360. The van der Waals surface area contributed by atoms with Crippen molar-refractivity contribution in [3.8, 4) is 0 Å². The summed E-state index contributed by atoms with van der Waals surface area (Å²) >= 11 is 0. The van der Waals surface area contributed by atoms with Gasteiger partial charge in [0.05, 0.1) is 12.0 Å². The molecule has 1 saturated heterocycles. The average Bonchev–Trinajstić information content (AvgIpc) is 2.81. The van der Waals surface area contributed by atoms with Gasteiger partial charge in [0.2, 0.25) is 20.0 Å². The number of benzene rings is 1. The van der Waals surface area contributed by atoms with Crippen LogP contribution in [-0.4, -0.2) is 51.8 Å². The number of sulfonamides is 2. The van der Waals surface area contributed by atoms with E-state index in [1.165, 1.54) is 4.31 Å². The molecule has 1 fully saturated rings. The first-order valence-corrected chi connectivity index (χ1v) is 10.7. The third kappa shape index (κ3) is 4.28. The maximum Gasteiger partial charge on any atom is 0.214 e. The number of nitrogens with zero attached hydrogens (tertiary/aromatic N) is 1. The molecule has 22 heavy (non-hydrogen) atoms. The van der Waals surface area contributed by atoms with E-state index in [2.05, 4.69) is 4.72 Å². The molecular weight excluding hydrogens is 324 g/mol. The van der Waals surface area contributed by atoms with E-state index < -0.39 is 26.1 Å². The molecule has 0 spiro atoms. The first-order valence-electron chi connectivity index (χ1n) is 7.23. The van der Waals surface area contributed by atoms with Gasteiger partial charge in [0.25, 0.3) is 0 Å². The zero-order valence-corrected chi connectivity index (χ0v) is 14.4. The van der Waals surface area contributed by atoms with Crippen LogP contribution in [0, 0.1) is 0 Å². The lowest BCUT2D eigenvalue weighted by Gasteiger charge is -2.27. The highest BCUT2D eigenvalue weighted by molar-refractivity contribution is 7.89. The summed E-state index contributed by atoms with van der Waals surface area (Å²) in [5.74, 6) is 0.0177. The maximum atomic E-state index is 12.3. The van der Waals surface area contributed by atoms with Crippen LogP contribution in [0.2, 0.25) is 0 Å². The van der Waals surface area contributed by atoms with Crippen LogP contribution in [0.1, 0.15) is 18.9 Å². The molecule has 0 saturated carbocycles. The van der Waals surface area contributed by atoms with Crippen LogP contribution in [0.25, 0.3) is 0 Å². The van der Waals surface area contributed by atoms with Crippen molar-refractivity contribution in [2.45, 2.75) is 31.8 Å². The summed E-state index contributed by atoms with van der Waals surface area (Å²) in [6.45, 7) is 1.95. The van der Waals surface area contributed by atoms with Gasteiger partial charge < -0.3 is 0 Å². The first kappa shape index (κ1) is 17.4. The predicted molar refractivity (Wildman–Crippen MR) is 86.5 cm³/mol. The molecule has 8 heteroatoms. The molecular formula is C14H22N2O4S2. The zero-order valence-electron chi connectivity index (χ0n) is 12.8. The van der Waals surface area contributed by atoms with Crippen molar-refractivity contribution in [1.82, 2.24) is 9.03 Å². The summed E-state index contributed by atoms with van der Waals surface area (Å²) in [6, 6.07) is 8.74. The normalized spacial score (nSPS) is 23.7. The van der Waals surface area contributed by atoms with Gasteiger partial charge in [0.1, 0.15) is 0 Å². The van der Waals surface area contributed by atoms with Crippen molar-refractivity contribution < 1.29 is 16.8 Å². The molecule has 2 rings (SSSR count). The molecule has 124 valence electrons. The topological polar surface area (TPSA) is 83.6 Å². The lowest BCUT2D eigenvalue weighted by atomic mass is 10.0. The van der Waals surface area contributed by atoms with Gasteiger partial charge >= 0.3 is 0 Å². The van der Waals surface area contributed by atoms with Gasteiger partial charge in [-0.2, -0.15) is 4.31 Å². The van der Waals surface area contributed by atoms with Gasteiger partial charge in [-0.05, 0) is 25.3 Å². The number of hydrogen-bond acceptors (Lipinski definition) is 4. The minimum atomic E-state index is -3.38. The van der Waals surface area contributed by atoms with Gasteiger partial charge in [0.15, 0.2) is 0 Å². The third-order valence-electron chi connectivity index (χ3n) is 3.87. The van der Waals surface area contributed by atoms with E-state index >= 15 is 0 Å². The van der Waals surface area contributed by atoms with Gasteiger partial charge in [-0.15, -0.1) is 0 Å². The van der Waals surface area contributed by atoms with E-state index in [9.17, 15) is 16.8 Å². The van der Waals surface area contributed by atoms with E-state index in [4.69, 9.17) is 0 Å². The second-order valence-electron chi connectivity index (χ2n) is 5.55. The fraction of sp³-hybridized carbons (Fsp3) is 0.571. The monoisotopic (exact) mass is 346 g/mol. The summed E-state index contributed by atoms with van der Waals surface area (Å²) in [6.07, 6.45) is 2.08. The molecule has 0 amide bonds. The van der Waals surface area contributed by atoms with Gasteiger partial charge in [-0.3, -0.25) is 0 Å². The summed E-state index contributed by atoms with van der Waals surface area (Å²) in [4.78, 5) is 0. The zero-order chi connectivity index (χ0) is 16.4. The molecule has 1 aromatic rings. The van der Waals surface area contributed by atoms with Crippen molar-refractivity contribution in [3.05, 3.63) is 35.9 Å². The number of rotatable bonds is 6. The molecule has 0 bridgehead atoms. The summed E-state index contributed by atoms with van der Waals surface area (Å²) in [7, 11) is -6.74. The average molecular weight is 346 g/mol. The quantitative estimate of drug-likeness (QED) is 0.816. The molecule has 6 nitrogen and oxygen atoms in total. The van der Waals surface area contributed by atoms with Crippen LogP contribution in [0.3, 0.4) is 0 Å². The second-order valence-corrected chi connectivity index (χ2v) is 9.54. The Balaban J connectivity index is 2.29. The van der Waals surface area contributed by atoms with E-state index in [-0.39, 0.29) is 11.8 Å². The van der Waals surface area contributed by atoms with E-state index in [1.54, 1.807) is 6.92 Å². The van der Waals surface area contributed by atoms with Crippen molar-refractivity contribution in [1.29, 1.82) is 0 Å². The Bertz CT molecular complexity index is 702. The number of nitrogens with one attached hydrogen (secondary N) is 1. The van der Waals surface area contributed by atoms with Crippen molar-refractivity contribution in [3.63, 3.8) is 0 Å². The van der Waals surface area contributed by atoms with Crippen LogP contribution in [0.4, 0.5) is 0 Å². The Kier molecular flexibility index (Phi) is 5.26. The SMILES string of the molecule is CCS(=O)(=O)N1CC[C@@H](NS(C)(=O)=O)[C@@H]1Cc1ccccc1. The van der Waals surface area contributed by atoms with Crippen LogP contribution < -0.4 is 4.72 Å². The van der Waals surface area contributed by atoms with E-state index in [1.807, 2.05) is 30.3 Å². The molecule has 0 aromatic heterocycles. The van der Waals surface area contributed by atoms with Crippen molar-refractivity contribution in [2.24, 2.45) is 0 Å². The van der Waals surface area contributed by atoms with Crippen LogP contribution >= 0.6 is 0 Å². The highest BCUT2D eigenvalue weighted by atomic mass is 32.2. The highest BCUT2D eigenvalue weighted by Gasteiger charge is 2.41. The third-order valence-corrected chi connectivity index (χ3v) is 6.50. The van der Waals surface area contributed by atoms with E-state index in [0.29, 0.717) is 19.4 Å². The Morgan fingerprint density at radius 1 is 1.18 bits per heavy atom. The molecule has 0 aliphatic carbocycles.